The van der Waals surface area contributed by atoms with Crippen LogP contribution in [0.3, 0.4) is 0 Å². The molecule has 0 bridgehead atoms. The highest BCUT2D eigenvalue weighted by Gasteiger charge is 2.46. The maximum absolute atomic E-state index is 12.4. The molecule has 1 aliphatic heterocycles. The molecule has 0 amide bonds. The van der Waals surface area contributed by atoms with Gasteiger partial charge in [0, 0.05) is 17.5 Å². The van der Waals surface area contributed by atoms with E-state index in [-0.39, 0.29) is 5.97 Å². The minimum atomic E-state index is -0.591. The van der Waals surface area contributed by atoms with Crippen LogP contribution in [-0.2, 0) is 14.9 Å². The van der Waals surface area contributed by atoms with Crippen molar-refractivity contribution in [3.05, 3.63) is 113 Å². The second-order valence-electron chi connectivity index (χ2n) is 6.46. The van der Waals surface area contributed by atoms with Gasteiger partial charge in [-0.05, 0) is 29.7 Å². The first-order valence-electron chi connectivity index (χ1n) is 9.13. The fraction of sp³-hybridized carbons (Fsp3) is 0.125. The molecule has 1 aliphatic rings. The second-order valence-corrected chi connectivity index (χ2v) is 6.46. The van der Waals surface area contributed by atoms with Gasteiger partial charge in [-0.3, -0.25) is 0 Å². The molecule has 1 N–H and O–H groups in total. The number of nitrogens with one attached hydrogen (secondary N) is 1. The third kappa shape index (κ3) is 2.81. The summed E-state index contributed by atoms with van der Waals surface area (Å²) in [7, 11) is 0. The predicted octanol–water partition coefficient (Wildman–Crippen LogP) is 4.89. The lowest BCUT2D eigenvalue weighted by molar-refractivity contribution is -0.137. The molecule has 0 saturated heterocycles. The maximum atomic E-state index is 12.4. The third-order valence-electron chi connectivity index (χ3n) is 4.97. The molecular weight excluding hydrogens is 334 g/mol. The van der Waals surface area contributed by atoms with Crippen LogP contribution in [0.25, 0.3) is 0 Å². The van der Waals surface area contributed by atoms with E-state index in [1.54, 1.807) is 6.08 Å². The van der Waals surface area contributed by atoms with Gasteiger partial charge in [-0.25, -0.2) is 4.79 Å². The monoisotopic (exact) mass is 355 g/mol. The molecule has 0 fully saturated rings. The van der Waals surface area contributed by atoms with Gasteiger partial charge in [0.05, 0.1) is 12.0 Å². The summed E-state index contributed by atoms with van der Waals surface area (Å²) < 4.78 is 5.21. The Balaban J connectivity index is 2.05. The summed E-state index contributed by atoms with van der Waals surface area (Å²) in [6, 6.07) is 28.8. The van der Waals surface area contributed by atoms with Gasteiger partial charge in [0.25, 0.3) is 0 Å². The SMILES string of the molecule is CCOC(=O)/C=C1\Nc2ccccc2C1(c1ccccc1)c1ccccc1. The van der Waals surface area contributed by atoms with E-state index in [2.05, 4.69) is 35.6 Å². The molecule has 4 rings (SSSR count). The number of rotatable bonds is 4. The van der Waals surface area contributed by atoms with E-state index in [0.717, 1.165) is 28.1 Å². The van der Waals surface area contributed by atoms with Crippen LogP contribution >= 0.6 is 0 Å². The topological polar surface area (TPSA) is 38.3 Å². The van der Waals surface area contributed by atoms with Crippen molar-refractivity contribution in [3.8, 4) is 0 Å². The lowest BCUT2D eigenvalue weighted by Gasteiger charge is -2.32. The van der Waals surface area contributed by atoms with Crippen molar-refractivity contribution < 1.29 is 9.53 Å². The molecule has 0 unspecified atom stereocenters. The fourth-order valence-corrected chi connectivity index (χ4v) is 3.91. The van der Waals surface area contributed by atoms with Gasteiger partial charge in [0.1, 0.15) is 0 Å². The molecule has 0 aromatic heterocycles. The van der Waals surface area contributed by atoms with E-state index < -0.39 is 5.41 Å². The number of allylic oxidation sites excluding steroid dienone is 1. The van der Waals surface area contributed by atoms with Crippen LogP contribution in [0.4, 0.5) is 5.69 Å². The Bertz CT molecular complexity index is 938. The van der Waals surface area contributed by atoms with Crippen molar-refractivity contribution >= 4 is 11.7 Å². The Morgan fingerprint density at radius 1 is 0.889 bits per heavy atom. The Kier molecular flexibility index (Phi) is 4.51. The average molecular weight is 355 g/mol. The molecule has 1 heterocycles. The zero-order chi connectivity index (χ0) is 18.7. The predicted molar refractivity (Wildman–Crippen MR) is 108 cm³/mol. The first kappa shape index (κ1) is 17.1. The van der Waals surface area contributed by atoms with E-state index in [1.807, 2.05) is 61.5 Å². The van der Waals surface area contributed by atoms with Gasteiger partial charge in [-0.15, -0.1) is 0 Å². The third-order valence-corrected chi connectivity index (χ3v) is 4.97. The number of anilines is 1. The summed E-state index contributed by atoms with van der Waals surface area (Å²) in [6.45, 7) is 2.16. The van der Waals surface area contributed by atoms with Crippen LogP contribution in [0.1, 0.15) is 23.6 Å². The van der Waals surface area contributed by atoms with Gasteiger partial charge in [-0.1, -0.05) is 78.9 Å². The van der Waals surface area contributed by atoms with E-state index >= 15 is 0 Å². The first-order valence-corrected chi connectivity index (χ1v) is 9.13. The molecule has 0 radical (unpaired) electrons. The molecule has 27 heavy (non-hydrogen) atoms. The largest absolute Gasteiger partial charge is 0.463 e. The van der Waals surface area contributed by atoms with Gasteiger partial charge in [0.2, 0.25) is 0 Å². The summed E-state index contributed by atoms with van der Waals surface area (Å²) in [6.07, 6.45) is 1.59. The van der Waals surface area contributed by atoms with Crippen molar-refractivity contribution in [1.82, 2.24) is 0 Å². The van der Waals surface area contributed by atoms with Crippen LogP contribution in [0, 0.1) is 0 Å². The molecule has 0 saturated carbocycles. The zero-order valence-corrected chi connectivity index (χ0v) is 15.2. The van der Waals surface area contributed by atoms with Crippen LogP contribution in [0.2, 0.25) is 0 Å². The van der Waals surface area contributed by atoms with Gasteiger partial charge < -0.3 is 10.1 Å². The van der Waals surface area contributed by atoms with Crippen LogP contribution in [-0.4, -0.2) is 12.6 Å². The Morgan fingerprint density at radius 3 is 2.04 bits per heavy atom. The Morgan fingerprint density at radius 2 is 1.44 bits per heavy atom. The molecule has 134 valence electrons. The van der Waals surface area contributed by atoms with Gasteiger partial charge in [-0.2, -0.15) is 0 Å². The summed E-state index contributed by atoms with van der Waals surface area (Å²) >= 11 is 0. The van der Waals surface area contributed by atoms with Crippen LogP contribution in [0.5, 0.6) is 0 Å². The smallest absolute Gasteiger partial charge is 0.332 e. The average Bonchev–Trinajstić information content (AvgIpc) is 3.04. The number of carbonyl (C=O) groups is 1. The lowest BCUT2D eigenvalue weighted by atomic mass is 9.68. The van der Waals surface area contributed by atoms with Crippen molar-refractivity contribution in [2.75, 3.05) is 11.9 Å². The van der Waals surface area contributed by atoms with Gasteiger partial charge in [0.15, 0.2) is 0 Å². The van der Waals surface area contributed by atoms with E-state index in [1.165, 1.54) is 0 Å². The van der Waals surface area contributed by atoms with Crippen molar-refractivity contribution in [2.24, 2.45) is 0 Å². The summed E-state index contributed by atoms with van der Waals surface area (Å²) in [5, 5.41) is 3.47. The minimum absolute atomic E-state index is 0.343. The zero-order valence-electron chi connectivity index (χ0n) is 15.2. The quantitative estimate of drug-likeness (QED) is 0.535. The van der Waals surface area contributed by atoms with Crippen LogP contribution in [0.15, 0.2) is 96.7 Å². The number of hydrogen-bond donors (Lipinski definition) is 1. The molecule has 3 aromatic rings. The lowest BCUT2D eigenvalue weighted by Crippen LogP contribution is -2.30. The number of para-hydroxylation sites is 1. The summed E-state index contributed by atoms with van der Waals surface area (Å²) in [5.74, 6) is -0.343. The normalized spacial score (nSPS) is 15.8. The number of esters is 1. The molecular formula is C24H21NO2. The van der Waals surface area contributed by atoms with E-state index in [0.29, 0.717) is 6.61 Å². The van der Waals surface area contributed by atoms with Crippen molar-refractivity contribution in [1.29, 1.82) is 0 Å². The highest BCUT2D eigenvalue weighted by Crippen LogP contribution is 2.52. The molecule has 0 atom stereocenters. The fourth-order valence-electron chi connectivity index (χ4n) is 3.91. The first-order chi connectivity index (χ1) is 13.3. The van der Waals surface area contributed by atoms with Crippen molar-refractivity contribution in [3.63, 3.8) is 0 Å². The molecule has 0 aliphatic carbocycles. The van der Waals surface area contributed by atoms with Crippen molar-refractivity contribution in [2.45, 2.75) is 12.3 Å². The highest BCUT2D eigenvalue weighted by molar-refractivity contribution is 5.88. The van der Waals surface area contributed by atoms with E-state index in [4.69, 9.17) is 4.74 Å². The molecule has 3 heteroatoms. The number of carbonyl (C=O) groups excluding carboxylic acids is 1. The molecule has 0 spiro atoms. The summed E-state index contributed by atoms with van der Waals surface area (Å²) in [5.41, 5.74) is 4.54. The standard InChI is InChI=1S/C24H21NO2/c1-2-27-23(26)17-22-24(18-11-5-3-6-12-18,19-13-7-4-8-14-19)20-15-9-10-16-21(20)25-22/h3-17,25H,2H2,1H3/b22-17-. The maximum Gasteiger partial charge on any atom is 0.332 e. The summed E-state index contributed by atoms with van der Waals surface area (Å²) in [4.78, 5) is 12.4. The number of hydrogen-bond acceptors (Lipinski definition) is 3. The number of ether oxygens (including phenoxy) is 1. The Labute approximate surface area is 159 Å². The molecule has 3 aromatic carbocycles. The van der Waals surface area contributed by atoms with Gasteiger partial charge >= 0.3 is 5.97 Å². The Hall–Kier alpha value is -3.33. The second kappa shape index (κ2) is 7.12. The van der Waals surface area contributed by atoms with E-state index in [9.17, 15) is 4.79 Å². The minimum Gasteiger partial charge on any atom is -0.463 e. The number of fused-ring (bicyclic) bond motifs is 1. The number of benzene rings is 3. The highest BCUT2D eigenvalue weighted by atomic mass is 16.5. The van der Waals surface area contributed by atoms with Crippen LogP contribution < -0.4 is 5.32 Å². The molecule has 3 nitrogen and oxygen atoms in total.